The zero-order valence-corrected chi connectivity index (χ0v) is 40.0. The number of halogens is 1. The number of aliphatic hydroxyl groups excluding tert-OH is 4. The molecule has 390 valence electrons. The van der Waals surface area contributed by atoms with Crippen molar-refractivity contribution in [1.82, 2.24) is 0 Å². The van der Waals surface area contributed by atoms with Crippen LogP contribution in [0.15, 0.2) is 73.6 Å². The molecule has 70 heavy (non-hydrogen) atoms. The maximum absolute atomic E-state index is 11.4. The van der Waals surface area contributed by atoms with Gasteiger partial charge in [0.1, 0.15) is 53.3 Å². The van der Waals surface area contributed by atoms with E-state index < -0.39 is 134 Å². The number of carbonyl (C=O) groups excluding carboxylic acids is 3. The monoisotopic (exact) mass is 1080 g/mol. The number of primary amides is 3. The Balaban J connectivity index is 0.000000228. The lowest BCUT2D eigenvalue weighted by molar-refractivity contribution is -0.766. The van der Waals surface area contributed by atoms with Gasteiger partial charge in [-0.2, -0.15) is 13.7 Å². The van der Waals surface area contributed by atoms with Crippen LogP contribution in [0.1, 0.15) is 63.6 Å². The van der Waals surface area contributed by atoms with E-state index in [0.717, 1.165) is 0 Å². The van der Waals surface area contributed by atoms with Gasteiger partial charge in [0.25, 0.3) is 36.4 Å². The van der Waals surface area contributed by atoms with E-state index in [2.05, 4.69) is 13.6 Å². The van der Waals surface area contributed by atoms with Crippen molar-refractivity contribution in [2.45, 2.75) is 93.3 Å². The number of rotatable bonds is 15. The number of nitrogens with zero attached hydrogens (tertiary/aromatic N) is 3. The molecule has 7 heterocycles. The minimum absolute atomic E-state index is 0. The van der Waals surface area contributed by atoms with Crippen LogP contribution < -0.4 is 30.9 Å². The number of nitrogens with two attached hydrogens (primary N) is 3. The number of hydrogen-bond donors (Lipinski definition) is 13. The molecular weight excluding hydrogens is 1030 g/mol. The van der Waals surface area contributed by atoms with Crippen LogP contribution in [-0.2, 0) is 51.0 Å². The van der Waals surface area contributed by atoms with Gasteiger partial charge in [-0.15, -0.1) is 12.4 Å². The summed E-state index contributed by atoms with van der Waals surface area (Å²) in [5.74, 6) is -2.83. The molecule has 3 unspecified atom stereocenters. The van der Waals surface area contributed by atoms with Crippen LogP contribution in [0.25, 0.3) is 0 Å². The molecule has 0 saturated carbocycles. The zero-order chi connectivity index (χ0) is 51.4. The van der Waals surface area contributed by atoms with Gasteiger partial charge in [0, 0.05) is 18.2 Å². The highest BCUT2D eigenvalue weighted by atomic mass is 35.5. The van der Waals surface area contributed by atoms with E-state index in [4.69, 9.17) is 70.2 Å². The molecule has 12 atom stereocenters. The van der Waals surface area contributed by atoms with E-state index in [1.165, 1.54) is 64.4 Å². The summed E-state index contributed by atoms with van der Waals surface area (Å²) in [6.07, 6.45) is -3.72. The van der Waals surface area contributed by atoms with E-state index in [1.807, 2.05) is 0 Å². The van der Waals surface area contributed by atoms with Crippen molar-refractivity contribution in [2.75, 3.05) is 19.8 Å². The highest BCUT2D eigenvalue weighted by Crippen LogP contribution is 2.44. The van der Waals surface area contributed by atoms with Gasteiger partial charge in [0.2, 0.25) is 0 Å². The molecule has 0 radical (unpaired) electrons. The third kappa shape index (κ3) is 16.1. The Morgan fingerprint density at radius 3 is 1.17 bits per heavy atom. The van der Waals surface area contributed by atoms with Crippen molar-refractivity contribution in [3.05, 3.63) is 90.3 Å². The van der Waals surface area contributed by atoms with Crippen LogP contribution in [0.2, 0.25) is 0 Å². The Hall–Kier alpha value is -3.88. The largest absolute Gasteiger partial charge is 0.469 e. The first-order chi connectivity index (χ1) is 31.9. The van der Waals surface area contributed by atoms with Gasteiger partial charge in [-0.3, -0.25) is 28.0 Å². The van der Waals surface area contributed by atoms with Gasteiger partial charge >= 0.3 is 23.5 Å². The first kappa shape index (κ1) is 58.7. The summed E-state index contributed by atoms with van der Waals surface area (Å²) in [6, 6.07) is 9.13. The molecule has 3 aromatic heterocycles. The highest BCUT2D eigenvalue weighted by Gasteiger charge is 2.59. The van der Waals surface area contributed by atoms with Crippen LogP contribution in [-0.4, -0.2) is 148 Å². The quantitative estimate of drug-likeness (QED) is 0.0505. The molecule has 4 aliphatic rings. The number of fused-ring (bicyclic) bond motifs is 1. The Bertz CT molecular complexity index is 2360. The van der Waals surface area contributed by atoms with Gasteiger partial charge < -0.3 is 90.7 Å². The number of hydrogen-bond acceptors (Lipinski definition) is 18. The molecule has 34 heteroatoms. The summed E-state index contributed by atoms with van der Waals surface area (Å²) < 4.78 is 77.8. The van der Waals surface area contributed by atoms with Crippen molar-refractivity contribution >= 4 is 53.6 Å². The van der Waals surface area contributed by atoms with Crippen LogP contribution in [0, 0.1) is 0 Å². The fraction of sp³-hybridized carbons (Fsp3) is 0.500. The van der Waals surface area contributed by atoms with Crippen molar-refractivity contribution < 1.29 is 129 Å². The third-order valence-corrected chi connectivity index (χ3v) is 11.7. The predicted octanol–water partition coefficient (Wildman–Crippen LogP) is -4.38. The van der Waals surface area contributed by atoms with Gasteiger partial charge in [-0.1, -0.05) is 0 Å². The summed E-state index contributed by atoms with van der Waals surface area (Å²) in [5, 5.41) is 39.7. The lowest BCUT2D eigenvalue weighted by Gasteiger charge is -2.22. The summed E-state index contributed by atoms with van der Waals surface area (Å²) in [4.78, 5) is 86.0. The molecule has 7 rings (SSSR count). The number of carbonyl (C=O) groups is 3. The molecule has 3 aromatic rings. The van der Waals surface area contributed by atoms with Gasteiger partial charge in [-0.25, -0.2) is 13.7 Å². The van der Waals surface area contributed by atoms with E-state index in [-0.39, 0.29) is 35.7 Å². The fourth-order valence-corrected chi connectivity index (χ4v) is 8.19. The van der Waals surface area contributed by atoms with E-state index in [0.29, 0.717) is 0 Å². The molecule has 16 N–H and O–H groups in total. The number of pyridine rings is 3. The standard InChI is InChI=1S/C14H19N2O8P.2C11H15N2O8P.ClH/c1-14(2)23-10-9(7-21-25(18,19)20)22-13(11(10)24-14)16-5-3-4-8(6-16)12(15)17;2*12-10(16)6-2-1-3-13(4-6)11-9(15)8(14)7(21-11)5-20-22(17,18)19;/h3-6,9-11,13H,7H2,1-2H3,(H3-,15,17,18,19,20);2*1-4,7-9,11,14-15H,5H2,(H3-,12,16,17,18,19);1H/p+3/t9-,10+,11?,13-;2*7-,8+,9?,11-;/m111./s1. The van der Waals surface area contributed by atoms with Crippen molar-refractivity contribution in [2.24, 2.45) is 17.2 Å². The third-order valence-electron chi connectivity index (χ3n) is 10.2. The second-order valence-electron chi connectivity index (χ2n) is 15.8. The lowest BCUT2D eigenvalue weighted by Crippen LogP contribution is -2.46. The Kier molecular flexibility index (Phi) is 19.9. The number of ether oxygens (including phenoxy) is 5. The molecule has 0 spiro atoms. The van der Waals surface area contributed by atoms with Gasteiger partial charge in [-0.05, 0) is 32.0 Å². The maximum atomic E-state index is 11.4. The smallest absolute Gasteiger partial charge is 0.387 e. The maximum Gasteiger partial charge on any atom is 0.469 e. The van der Waals surface area contributed by atoms with Crippen LogP contribution in [0.3, 0.4) is 0 Å². The summed E-state index contributed by atoms with van der Waals surface area (Å²) >= 11 is 0. The predicted molar refractivity (Wildman–Crippen MR) is 226 cm³/mol. The lowest BCUT2D eigenvalue weighted by atomic mass is 10.1. The minimum Gasteiger partial charge on any atom is -0.387 e. The first-order valence-electron chi connectivity index (χ1n) is 20.0. The number of aromatic nitrogens is 3. The Morgan fingerprint density at radius 1 is 0.543 bits per heavy atom. The Labute approximate surface area is 402 Å². The molecule has 0 bridgehead atoms. The molecule has 4 fully saturated rings. The SMILES string of the molecule is CC1(C)OC2[C@@H](O1)[C@@H](COP(=O)(O)O)O[C@H]2[n+]1cccc(C(N)=O)c1.Cl.NC(=O)c1ccc[n+]([C@@H]2O[C@H](COP(=O)(O)O)[C@H](O)C2O)c1.NC(=O)c1ccc[n+]([C@@H]2O[C@H](COP(=O)(O)O)[C@H](O)C2O)c1. The molecule has 4 saturated heterocycles. The number of amides is 3. The normalized spacial score (nSPS) is 29.1. The van der Waals surface area contributed by atoms with Crippen LogP contribution >= 0.6 is 35.9 Å². The van der Waals surface area contributed by atoms with E-state index in [1.54, 1.807) is 36.7 Å². The molecule has 30 nitrogen and oxygen atoms in total. The molecule has 3 amide bonds. The second kappa shape index (κ2) is 23.8. The number of aliphatic hydroxyl groups is 4. The van der Waals surface area contributed by atoms with E-state index in [9.17, 15) is 48.5 Å². The molecule has 0 aromatic carbocycles. The number of phosphoric acid groups is 3. The van der Waals surface area contributed by atoms with Crippen molar-refractivity contribution in [1.29, 1.82) is 0 Å². The molecular formula is C36H53ClN6O24P3+3. The average molecular weight is 1080 g/mol. The molecule has 4 aliphatic heterocycles. The molecule has 0 aliphatic carbocycles. The zero-order valence-electron chi connectivity index (χ0n) is 36.5. The van der Waals surface area contributed by atoms with Crippen molar-refractivity contribution in [3.63, 3.8) is 0 Å². The second-order valence-corrected chi connectivity index (χ2v) is 19.5. The van der Waals surface area contributed by atoms with Gasteiger partial charge in [0.15, 0.2) is 61.3 Å². The minimum atomic E-state index is -4.72. The van der Waals surface area contributed by atoms with Crippen LogP contribution in [0.4, 0.5) is 0 Å². The van der Waals surface area contributed by atoms with E-state index >= 15 is 0 Å². The van der Waals surface area contributed by atoms with Gasteiger partial charge in [0.05, 0.1) is 19.8 Å². The summed E-state index contributed by atoms with van der Waals surface area (Å²) in [7, 11) is -14.1. The number of phosphoric ester groups is 3. The highest BCUT2D eigenvalue weighted by molar-refractivity contribution is 7.46. The summed E-state index contributed by atoms with van der Waals surface area (Å²) in [5.41, 5.74) is 16.2. The first-order valence-corrected chi connectivity index (χ1v) is 24.6. The fourth-order valence-electron chi connectivity index (χ4n) is 7.16. The summed E-state index contributed by atoms with van der Waals surface area (Å²) in [6.45, 7) is 1.89. The Morgan fingerprint density at radius 2 is 0.843 bits per heavy atom. The van der Waals surface area contributed by atoms with Crippen LogP contribution in [0.5, 0.6) is 0 Å². The topological polar surface area (TPSA) is 468 Å². The van der Waals surface area contributed by atoms with Crippen molar-refractivity contribution in [3.8, 4) is 0 Å². The average Bonchev–Trinajstić information content (AvgIpc) is 3.95.